The third kappa shape index (κ3) is 5.12. The summed E-state index contributed by atoms with van der Waals surface area (Å²) in [4.78, 5) is 21.0. The molecule has 1 aromatic heterocycles. The number of piperazine rings is 1. The normalized spacial score (nSPS) is 21.8. The molecule has 37 heavy (non-hydrogen) atoms. The van der Waals surface area contributed by atoms with E-state index in [2.05, 4.69) is 38.0 Å². The smallest absolute Gasteiger partial charge is 0.233 e. The number of aromatic nitrogens is 2. The summed E-state index contributed by atoms with van der Waals surface area (Å²) in [5.41, 5.74) is 3.46. The van der Waals surface area contributed by atoms with Crippen LogP contribution in [0.1, 0.15) is 48.1 Å². The van der Waals surface area contributed by atoms with Crippen molar-refractivity contribution < 1.29 is 9.53 Å². The molecule has 2 fully saturated rings. The molecular formula is C30H35N5O2. The summed E-state index contributed by atoms with van der Waals surface area (Å²) in [6, 6.07) is 18.1. The molecule has 7 nitrogen and oxygen atoms in total. The number of nitriles is 1. The first-order chi connectivity index (χ1) is 18.1. The summed E-state index contributed by atoms with van der Waals surface area (Å²) < 4.78 is 7.62. The Kier molecular flexibility index (Phi) is 7.57. The van der Waals surface area contributed by atoms with Crippen LogP contribution < -0.4 is 10.1 Å². The zero-order valence-corrected chi connectivity index (χ0v) is 21.5. The molecule has 1 aliphatic carbocycles. The molecule has 2 aliphatic rings. The largest absolute Gasteiger partial charge is 0.497 e. The molecule has 1 N–H and O–H groups in total. The summed E-state index contributed by atoms with van der Waals surface area (Å²) in [6.45, 7) is 3.87. The molecule has 2 aromatic carbocycles. The Bertz CT molecular complexity index is 1240. The van der Waals surface area contributed by atoms with Gasteiger partial charge in [-0.05, 0) is 60.6 Å². The van der Waals surface area contributed by atoms with Crippen LogP contribution in [0.4, 0.5) is 0 Å². The van der Waals surface area contributed by atoms with E-state index in [1.807, 2.05) is 48.9 Å². The lowest BCUT2D eigenvalue weighted by atomic mass is 9.60. The quantitative estimate of drug-likeness (QED) is 0.535. The molecule has 0 spiro atoms. The second-order valence-corrected chi connectivity index (χ2v) is 10.2. The van der Waals surface area contributed by atoms with E-state index < -0.39 is 5.41 Å². The van der Waals surface area contributed by atoms with E-state index in [1.54, 1.807) is 7.11 Å². The van der Waals surface area contributed by atoms with Gasteiger partial charge in [-0.3, -0.25) is 4.79 Å². The zero-order chi connectivity index (χ0) is 25.7. The first-order valence-electron chi connectivity index (χ1n) is 13.3. The van der Waals surface area contributed by atoms with E-state index in [0.717, 1.165) is 80.9 Å². The molecular weight excluding hydrogens is 462 g/mol. The first-order valence-corrected chi connectivity index (χ1v) is 13.3. The van der Waals surface area contributed by atoms with Crippen molar-refractivity contribution in [3.63, 3.8) is 0 Å². The minimum absolute atomic E-state index is 0.174. The number of carbonyl (C=O) groups excluding carboxylic acids is 1. The minimum Gasteiger partial charge on any atom is -0.497 e. The summed E-state index contributed by atoms with van der Waals surface area (Å²) >= 11 is 0. The van der Waals surface area contributed by atoms with Gasteiger partial charge in [0.05, 0.1) is 30.5 Å². The van der Waals surface area contributed by atoms with Gasteiger partial charge in [-0.15, -0.1) is 0 Å². The highest BCUT2D eigenvalue weighted by molar-refractivity contribution is 5.89. The van der Waals surface area contributed by atoms with Crippen molar-refractivity contribution in [2.24, 2.45) is 5.92 Å². The predicted octanol–water partition coefficient (Wildman–Crippen LogP) is 3.91. The monoisotopic (exact) mass is 497 g/mol. The van der Waals surface area contributed by atoms with Crippen LogP contribution in [0, 0.1) is 17.2 Å². The Morgan fingerprint density at radius 1 is 1.14 bits per heavy atom. The van der Waals surface area contributed by atoms with Crippen LogP contribution in [-0.2, 0) is 23.2 Å². The molecule has 2 unspecified atom stereocenters. The van der Waals surface area contributed by atoms with Gasteiger partial charge in [0.1, 0.15) is 5.75 Å². The minimum atomic E-state index is -0.564. The molecule has 0 radical (unpaired) electrons. The molecule has 1 saturated carbocycles. The van der Waals surface area contributed by atoms with Crippen molar-refractivity contribution in [2.45, 2.75) is 44.1 Å². The van der Waals surface area contributed by atoms with Crippen molar-refractivity contribution in [1.82, 2.24) is 19.8 Å². The van der Waals surface area contributed by atoms with Crippen molar-refractivity contribution >= 4 is 5.91 Å². The number of benzene rings is 2. The van der Waals surface area contributed by atoms with Gasteiger partial charge in [-0.25, -0.2) is 4.98 Å². The van der Waals surface area contributed by atoms with Gasteiger partial charge >= 0.3 is 0 Å². The van der Waals surface area contributed by atoms with Gasteiger partial charge in [0, 0.05) is 44.6 Å². The fourth-order valence-electron chi connectivity index (χ4n) is 6.14. The molecule has 1 amide bonds. The van der Waals surface area contributed by atoms with Crippen LogP contribution in [0.5, 0.6) is 5.75 Å². The van der Waals surface area contributed by atoms with E-state index in [1.165, 1.54) is 0 Å². The number of ether oxygens (including phenoxy) is 1. The second kappa shape index (κ2) is 11.2. The van der Waals surface area contributed by atoms with Crippen LogP contribution in [0.2, 0.25) is 0 Å². The van der Waals surface area contributed by atoms with Crippen LogP contribution in [0.15, 0.2) is 61.1 Å². The van der Waals surface area contributed by atoms with Gasteiger partial charge in [-0.1, -0.05) is 37.1 Å². The molecule has 2 atom stereocenters. The lowest BCUT2D eigenvalue weighted by Crippen LogP contribution is -2.57. The number of hydrogen-bond acceptors (Lipinski definition) is 5. The third-order valence-corrected chi connectivity index (χ3v) is 8.15. The summed E-state index contributed by atoms with van der Waals surface area (Å²) in [5.74, 6) is 1.25. The Morgan fingerprint density at radius 3 is 2.59 bits per heavy atom. The van der Waals surface area contributed by atoms with Crippen LogP contribution in [0.25, 0.3) is 0 Å². The summed E-state index contributed by atoms with van der Waals surface area (Å²) in [7, 11) is 1.68. The third-order valence-electron chi connectivity index (χ3n) is 8.15. The van der Waals surface area contributed by atoms with Gasteiger partial charge in [0.15, 0.2) is 0 Å². The molecule has 3 aromatic rings. The molecule has 7 heteroatoms. The van der Waals surface area contributed by atoms with Crippen LogP contribution in [-0.4, -0.2) is 53.6 Å². The average molecular weight is 498 g/mol. The highest BCUT2D eigenvalue weighted by atomic mass is 16.5. The van der Waals surface area contributed by atoms with Crippen LogP contribution in [0.3, 0.4) is 0 Å². The average Bonchev–Trinajstić information content (AvgIpc) is 3.40. The van der Waals surface area contributed by atoms with Gasteiger partial charge in [0.25, 0.3) is 0 Å². The summed E-state index contributed by atoms with van der Waals surface area (Å²) in [6.07, 6.45) is 8.66. The maximum atomic E-state index is 14.4. The van der Waals surface area contributed by atoms with Gasteiger partial charge in [-0.2, -0.15) is 5.26 Å². The van der Waals surface area contributed by atoms with E-state index in [9.17, 15) is 4.79 Å². The topological polar surface area (TPSA) is 83.2 Å². The van der Waals surface area contributed by atoms with Gasteiger partial charge < -0.3 is 19.5 Å². The first kappa shape index (κ1) is 25.0. The Hall–Kier alpha value is -3.63. The Balaban J connectivity index is 1.48. The lowest BCUT2D eigenvalue weighted by molar-refractivity contribution is -0.142. The number of hydrogen-bond donors (Lipinski definition) is 1. The predicted molar refractivity (Wildman–Crippen MR) is 142 cm³/mol. The standard InChI is InChI=1S/C30H35N5O2/c1-37-28-11-9-25(10-12-28)30(29(36)34-16-14-32-15-17-34)13-3-2-4-26(30)18-27-20-33-22-35(27)21-24-7-5-23(19-31)6-8-24/h5-12,20,22,26,32H,2-4,13-18,21H2,1H3. The second-order valence-electron chi connectivity index (χ2n) is 10.2. The lowest BCUT2D eigenvalue weighted by Gasteiger charge is -2.47. The fraction of sp³-hybridized carbons (Fsp3) is 0.433. The number of nitrogens with one attached hydrogen (secondary N) is 1. The molecule has 5 rings (SSSR count). The van der Waals surface area contributed by atoms with E-state index in [-0.39, 0.29) is 11.8 Å². The maximum absolute atomic E-state index is 14.4. The van der Waals surface area contributed by atoms with Crippen molar-refractivity contribution in [3.8, 4) is 11.8 Å². The molecule has 1 aliphatic heterocycles. The van der Waals surface area contributed by atoms with Crippen molar-refractivity contribution in [3.05, 3.63) is 83.4 Å². The maximum Gasteiger partial charge on any atom is 0.233 e. The highest BCUT2D eigenvalue weighted by Crippen LogP contribution is 2.47. The van der Waals surface area contributed by atoms with Crippen LogP contribution >= 0.6 is 0 Å². The van der Waals surface area contributed by atoms with Crippen molar-refractivity contribution in [1.29, 1.82) is 5.26 Å². The number of imidazole rings is 1. The molecule has 1 saturated heterocycles. The number of amides is 1. The van der Waals surface area contributed by atoms with Gasteiger partial charge in [0.2, 0.25) is 5.91 Å². The zero-order valence-electron chi connectivity index (χ0n) is 21.5. The fourth-order valence-corrected chi connectivity index (χ4v) is 6.14. The Morgan fingerprint density at radius 2 is 1.89 bits per heavy atom. The number of carbonyl (C=O) groups is 1. The summed E-state index contributed by atoms with van der Waals surface area (Å²) in [5, 5.41) is 12.5. The molecule has 192 valence electrons. The number of rotatable bonds is 7. The van der Waals surface area contributed by atoms with Crippen molar-refractivity contribution in [2.75, 3.05) is 33.3 Å². The Labute approximate surface area is 219 Å². The SMILES string of the molecule is COc1ccc(C2(C(=O)N3CCNCC3)CCCCC2Cc2cncn2Cc2ccc(C#N)cc2)cc1. The molecule has 0 bridgehead atoms. The van der Waals surface area contributed by atoms with E-state index in [4.69, 9.17) is 10.00 Å². The van der Waals surface area contributed by atoms with E-state index >= 15 is 0 Å². The number of methoxy groups -OCH3 is 1. The number of nitrogens with zero attached hydrogens (tertiary/aromatic N) is 4. The van der Waals surface area contributed by atoms with E-state index in [0.29, 0.717) is 12.1 Å². The highest BCUT2D eigenvalue weighted by Gasteiger charge is 2.50. The molecule has 2 heterocycles.